The van der Waals surface area contributed by atoms with Crippen molar-refractivity contribution in [1.82, 2.24) is 0 Å². The number of hydrogen-bond acceptors (Lipinski definition) is 1. The Labute approximate surface area is 105 Å². The Morgan fingerprint density at radius 2 is 1.88 bits per heavy atom. The molecule has 1 unspecified atom stereocenters. The molecule has 0 bridgehead atoms. The smallest absolute Gasteiger partial charge is 0.123 e. The van der Waals surface area contributed by atoms with E-state index < -0.39 is 0 Å². The number of rotatable bonds is 3. The summed E-state index contributed by atoms with van der Waals surface area (Å²) >= 11 is 6.06. The van der Waals surface area contributed by atoms with Crippen molar-refractivity contribution >= 4 is 11.6 Å². The van der Waals surface area contributed by atoms with Gasteiger partial charge in [0.15, 0.2) is 0 Å². The molecule has 88 valence electrons. The number of benzene rings is 2. The second-order valence-electron chi connectivity index (χ2n) is 3.96. The SMILES string of the molecule is NC(Cc1ccccc1Cl)c1cccc(F)c1. The fraction of sp³-hybridized carbons (Fsp3) is 0.143. The predicted octanol–water partition coefficient (Wildman–Crippen LogP) is 3.72. The summed E-state index contributed by atoms with van der Waals surface area (Å²) in [5.74, 6) is -0.267. The third-order valence-corrected chi connectivity index (χ3v) is 3.04. The molecule has 0 heterocycles. The van der Waals surface area contributed by atoms with Crippen molar-refractivity contribution in [2.45, 2.75) is 12.5 Å². The first-order valence-electron chi connectivity index (χ1n) is 5.41. The summed E-state index contributed by atoms with van der Waals surface area (Å²) in [4.78, 5) is 0. The van der Waals surface area contributed by atoms with Crippen LogP contribution in [0.1, 0.15) is 17.2 Å². The van der Waals surface area contributed by atoms with Crippen LogP contribution in [0.3, 0.4) is 0 Å². The highest BCUT2D eigenvalue weighted by atomic mass is 35.5. The molecule has 0 aliphatic heterocycles. The van der Waals surface area contributed by atoms with Crippen LogP contribution >= 0.6 is 11.6 Å². The quantitative estimate of drug-likeness (QED) is 0.882. The zero-order chi connectivity index (χ0) is 12.3. The Kier molecular flexibility index (Phi) is 3.77. The molecule has 0 amide bonds. The largest absolute Gasteiger partial charge is 0.324 e. The first-order chi connectivity index (χ1) is 8.16. The van der Waals surface area contributed by atoms with E-state index in [1.165, 1.54) is 12.1 Å². The highest BCUT2D eigenvalue weighted by molar-refractivity contribution is 6.31. The van der Waals surface area contributed by atoms with Crippen molar-refractivity contribution < 1.29 is 4.39 Å². The highest BCUT2D eigenvalue weighted by Gasteiger charge is 2.09. The molecule has 0 fully saturated rings. The molecular weight excluding hydrogens is 237 g/mol. The van der Waals surface area contributed by atoms with E-state index in [2.05, 4.69) is 0 Å². The molecule has 0 aliphatic carbocycles. The summed E-state index contributed by atoms with van der Waals surface area (Å²) in [5, 5.41) is 0.694. The summed E-state index contributed by atoms with van der Waals surface area (Å²) in [6, 6.07) is 13.7. The Balaban J connectivity index is 2.17. The topological polar surface area (TPSA) is 26.0 Å². The number of hydrogen-bond donors (Lipinski definition) is 1. The Morgan fingerprint density at radius 3 is 2.59 bits per heavy atom. The van der Waals surface area contributed by atoms with Crippen LogP contribution in [0.25, 0.3) is 0 Å². The van der Waals surface area contributed by atoms with Gasteiger partial charge < -0.3 is 5.73 Å². The van der Waals surface area contributed by atoms with Gasteiger partial charge in [0, 0.05) is 11.1 Å². The summed E-state index contributed by atoms with van der Waals surface area (Å²) < 4.78 is 13.1. The Bertz CT molecular complexity index is 513. The second kappa shape index (κ2) is 5.30. The molecule has 2 aromatic carbocycles. The molecular formula is C14H13ClFN. The molecule has 0 spiro atoms. The van der Waals surface area contributed by atoms with Gasteiger partial charge in [-0.05, 0) is 35.7 Å². The summed E-state index contributed by atoms with van der Waals surface area (Å²) in [6.07, 6.45) is 0.600. The van der Waals surface area contributed by atoms with Crippen molar-refractivity contribution in [3.8, 4) is 0 Å². The third-order valence-electron chi connectivity index (χ3n) is 2.67. The molecule has 3 heteroatoms. The fourth-order valence-electron chi connectivity index (χ4n) is 1.76. The maximum absolute atomic E-state index is 13.1. The monoisotopic (exact) mass is 249 g/mol. The maximum Gasteiger partial charge on any atom is 0.123 e. The van der Waals surface area contributed by atoms with Crippen LogP contribution in [-0.2, 0) is 6.42 Å². The lowest BCUT2D eigenvalue weighted by Gasteiger charge is -2.13. The van der Waals surface area contributed by atoms with E-state index in [0.717, 1.165) is 11.1 Å². The average Bonchev–Trinajstić information content (AvgIpc) is 2.32. The van der Waals surface area contributed by atoms with Crippen LogP contribution in [0.4, 0.5) is 4.39 Å². The van der Waals surface area contributed by atoms with Crippen molar-refractivity contribution in [1.29, 1.82) is 0 Å². The van der Waals surface area contributed by atoms with Gasteiger partial charge in [0.2, 0.25) is 0 Å². The Morgan fingerprint density at radius 1 is 1.12 bits per heavy atom. The standard InChI is InChI=1S/C14H13ClFN/c15-13-7-2-1-4-10(13)9-14(17)11-5-3-6-12(16)8-11/h1-8,14H,9,17H2. The molecule has 0 aromatic heterocycles. The molecule has 0 radical (unpaired) electrons. The van der Waals surface area contributed by atoms with Gasteiger partial charge in [-0.25, -0.2) is 4.39 Å². The summed E-state index contributed by atoms with van der Waals surface area (Å²) in [5.41, 5.74) is 7.80. The Hall–Kier alpha value is -1.38. The van der Waals surface area contributed by atoms with Crippen molar-refractivity contribution in [3.05, 3.63) is 70.5 Å². The molecule has 1 nitrogen and oxygen atoms in total. The van der Waals surface area contributed by atoms with E-state index in [1.54, 1.807) is 6.07 Å². The van der Waals surface area contributed by atoms with E-state index in [9.17, 15) is 4.39 Å². The molecule has 17 heavy (non-hydrogen) atoms. The van der Waals surface area contributed by atoms with Crippen LogP contribution in [0.2, 0.25) is 5.02 Å². The van der Waals surface area contributed by atoms with Gasteiger partial charge in [-0.15, -0.1) is 0 Å². The number of halogens is 2. The van der Waals surface area contributed by atoms with Crippen LogP contribution in [0.15, 0.2) is 48.5 Å². The van der Waals surface area contributed by atoms with Crippen LogP contribution < -0.4 is 5.73 Å². The molecule has 1 atom stereocenters. The van der Waals surface area contributed by atoms with Gasteiger partial charge in [0.25, 0.3) is 0 Å². The lowest BCUT2D eigenvalue weighted by molar-refractivity contribution is 0.618. The summed E-state index contributed by atoms with van der Waals surface area (Å²) in [6.45, 7) is 0. The van der Waals surface area contributed by atoms with Crippen LogP contribution in [0, 0.1) is 5.82 Å². The minimum absolute atomic E-state index is 0.245. The van der Waals surface area contributed by atoms with E-state index in [4.69, 9.17) is 17.3 Å². The first kappa shape index (κ1) is 12.1. The number of nitrogens with two attached hydrogens (primary N) is 1. The van der Waals surface area contributed by atoms with Crippen LogP contribution in [-0.4, -0.2) is 0 Å². The fourth-order valence-corrected chi connectivity index (χ4v) is 1.97. The third kappa shape index (κ3) is 3.05. The van der Waals surface area contributed by atoms with E-state index in [-0.39, 0.29) is 11.9 Å². The zero-order valence-corrected chi connectivity index (χ0v) is 9.99. The van der Waals surface area contributed by atoms with E-state index in [1.807, 2.05) is 30.3 Å². The lowest BCUT2D eigenvalue weighted by atomic mass is 10.00. The van der Waals surface area contributed by atoms with Crippen LogP contribution in [0.5, 0.6) is 0 Å². The van der Waals surface area contributed by atoms with Gasteiger partial charge in [-0.2, -0.15) is 0 Å². The minimum Gasteiger partial charge on any atom is -0.324 e. The zero-order valence-electron chi connectivity index (χ0n) is 9.24. The molecule has 0 saturated heterocycles. The van der Waals surface area contributed by atoms with Gasteiger partial charge in [-0.3, -0.25) is 0 Å². The molecule has 0 aliphatic rings. The van der Waals surface area contributed by atoms with Gasteiger partial charge in [-0.1, -0.05) is 41.9 Å². The summed E-state index contributed by atoms with van der Waals surface area (Å²) in [7, 11) is 0. The normalized spacial score (nSPS) is 12.4. The minimum atomic E-state index is -0.267. The second-order valence-corrected chi connectivity index (χ2v) is 4.36. The van der Waals surface area contributed by atoms with Crippen molar-refractivity contribution in [2.75, 3.05) is 0 Å². The highest BCUT2D eigenvalue weighted by Crippen LogP contribution is 2.22. The van der Waals surface area contributed by atoms with Gasteiger partial charge >= 0.3 is 0 Å². The maximum atomic E-state index is 13.1. The first-order valence-corrected chi connectivity index (χ1v) is 5.79. The lowest BCUT2D eigenvalue weighted by Crippen LogP contribution is -2.13. The van der Waals surface area contributed by atoms with Gasteiger partial charge in [0.1, 0.15) is 5.82 Å². The van der Waals surface area contributed by atoms with E-state index >= 15 is 0 Å². The molecule has 2 aromatic rings. The molecule has 0 saturated carbocycles. The average molecular weight is 250 g/mol. The van der Waals surface area contributed by atoms with Crippen molar-refractivity contribution in [3.63, 3.8) is 0 Å². The molecule has 2 rings (SSSR count). The predicted molar refractivity (Wildman–Crippen MR) is 68.5 cm³/mol. The van der Waals surface area contributed by atoms with E-state index in [0.29, 0.717) is 11.4 Å². The van der Waals surface area contributed by atoms with Crippen molar-refractivity contribution in [2.24, 2.45) is 5.73 Å². The van der Waals surface area contributed by atoms with Gasteiger partial charge in [0.05, 0.1) is 0 Å². The molecule has 2 N–H and O–H groups in total.